The molecule has 0 atom stereocenters. The average molecular weight is 405 g/mol. The van der Waals surface area contributed by atoms with Crippen molar-refractivity contribution in [3.63, 3.8) is 0 Å². The van der Waals surface area contributed by atoms with Crippen LogP contribution in [0.3, 0.4) is 0 Å². The van der Waals surface area contributed by atoms with Gasteiger partial charge in [-0.2, -0.15) is 5.26 Å². The SMILES string of the molecule is N#Cc1c(-c2ccc3c(c2)OCCO3)cccc1N1CCC(N[C@H]2C[C@@H](O)C2)CC1. The van der Waals surface area contributed by atoms with Crippen molar-refractivity contribution in [3.05, 3.63) is 42.0 Å². The molecule has 2 aromatic carbocycles. The number of nitrogens with zero attached hydrogens (tertiary/aromatic N) is 2. The topological polar surface area (TPSA) is 77.8 Å². The number of aliphatic hydroxyl groups is 1. The van der Waals surface area contributed by atoms with Crippen molar-refractivity contribution < 1.29 is 14.6 Å². The number of nitrogens with one attached hydrogen (secondary N) is 1. The van der Waals surface area contributed by atoms with Gasteiger partial charge in [-0.05, 0) is 49.4 Å². The van der Waals surface area contributed by atoms with Crippen LogP contribution in [-0.2, 0) is 0 Å². The van der Waals surface area contributed by atoms with Gasteiger partial charge in [-0.25, -0.2) is 0 Å². The van der Waals surface area contributed by atoms with Gasteiger partial charge in [-0.15, -0.1) is 0 Å². The van der Waals surface area contributed by atoms with E-state index in [1.54, 1.807) is 0 Å². The predicted molar refractivity (Wildman–Crippen MR) is 115 cm³/mol. The molecule has 0 aromatic heterocycles. The Bertz CT molecular complexity index is 957. The van der Waals surface area contributed by atoms with Crippen LogP contribution in [0.25, 0.3) is 11.1 Å². The molecule has 2 N–H and O–H groups in total. The molecular formula is C24H27N3O3. The molecule has 6 nitrogen and oxygen atoms in total. The zero-order valence-electron chi connectivity index (χ0n) is 17.0. The van der Waals surface area contributed by atoms with Gasteiger partial charge in [-0.3, -0.25) is 0 Å². The van der Waals surface area contributed by atoms with Gasteiger partial charge in [0.1, 0.15) is 19.3 Å². The van der Waals surface area contributed by atoms with Crippen LogP contribution < -0.4 is 19.7 Å². The van der Waals surface area contributed by atoms with Crippen molar-refractivity contribution in [2.45, 2.75) is 43.9 Å². The van der Waals surface area contributed by atoms with E-state index in [9.17, 15) is 10.4 Å². The minimum Gasteiger partial charge on any atom is -0.486 e. The molecule has 2 fully saturated rings. The van der Waals surface area contributed by atoms with Crippen molar-refractivity contribution in [1.29, 1.82) is 5.26 Å². The molecule has 1 saturated carbocycles. The first-order valence-corrected chi connectivity index (χ1v) is 10.8. The number of benzene rings is 2. The first kappa shape index (κ1) is 19.2. The number of hydrogen-bond acceptors (Lipinski definition) is 6. The second kappa shape index (κ2) is 8.17. The summed E-state index contributed by atoms with van der Waals surface area (Å²) in [7, 11) is 0. The summed E-state index contributed by atoms with van der Waals surface area (Å²) in [4.78, 5) is 2.33. The Kier molecular flexibility index (Phi) is 5.24. The van der Waals surface area contributed by atoms with E-state index in [0.717, 1.165) is 67.1 Å². The van der Waals surface area contributed by atoms with Crippen LogP contribution in [0.2, 0.25) is 0 Å². The van der Waals surface area contributed by atoms with Crippen molar-refractivity contribution in [1.82, 2.24) is 5.32 Å². The fourth-order valence-electron chi connectivity index (χ4n) is 4.72. The quantitative estimate of drug-likeness (QED) is 0.814. The van der Waals surface area contributed by atoms with E-state index in [-0.39, 0.29) is 6.10 Å². The summed E-state index contributed by atoms with van der Waals surface area (Å²) >= 11 is 0. The standard InChI is InChI=1S/C24H27N3O3/c25-15-21-20(16-4-5-23-24(12-16)30-11-10-29-23)2-1-3-22(21)27-8-6-17(7-9-27)26-18-13-19(28)14-18/h1-5,12,17-19,26,28H,6-11,13-14H2/t18-,19+. The average Bonchev–Trinajstić information content (AvgIpc) is 2.77. The Morgan fingerprint density at radius 3 is 2.50 bits per heavy atom. The van der Waals surface area contributed by atoms with E-state index >= 15 is 0 Å². The molecule has 0 bridgehead atoms. The third-order valence-electron chi connectivity index (χ3n) is 6.43. The fourth-order valence-corrected chi connectivity index (χ4v) is 4.72. The van der Waals surface area contributed by atoms with Crippen LogP contribution in [0.4, 0.5) is 5.69 Å². The van der Waals surface area contributed by atoms with Crippen molar-refractivity contribution >= 4 is 5.69 Å². The molecule has 0 spiro atoms. The molecule has 2 aromatic rings. The van der Waals surface area contributed by atoms with E-state index in [1.807, 2.05) is 30.3 Å². The molecule has 3 aliphatic rings. The van der Waals surface area contributed by atoms with Gasteiger partial charge >= 0.3 is 0 Å². The van der Waals surface area contributed by atoms with Gasteiger partial charge in [0.05, 0.1) is 17.4 Å². The van der Waals surface area contributed by atoms with Gasteiger partial charge in [0, 0.05) is 30.7 Å². The fraction of sp³-hybridized carbons (Fsp3) is 0.458. The van der Waals surface area contributed by atoms with Gasteiger partial charge in [0.2, 0.25) is 0 Å². The lowest BCUT2D eigenvalue weighted by Gasteiger charge is -2.40. The van der Waals surface area contributed by atoms with Crippen LogP contribution in [0.15, 0.2) is 36.4 Å². The monoisotopic (exact) mass is 405 g/mol. The molecule has 6 heteroatoms. The molecule has 1 aliphatic carbocycles. The third kappa shape index (κ3) is 3.71. The molecule has 2 heterocycles. The minimum absolute atomic E-state index is 0.121. The summed E-state index contributed by atoms with van der Waals surface area (Å²) < 4.78 is 11.4. The first-order chi connectivity index (χ1) is 14.7. The molecule has 30 heavy (non-hydrogen) atoms. The Morgan fingerprint density at radius 2 is 1.77 bits per heavy atom. The second-order valence-corrected chi connectivity index (χ2v) is 8.42. The van der Waals surface area contributed by atoms with Gasteiger partial charge < -0.3 is 24.8 Å². The molecule has 5 rings (SSSR count). The van der Waals surface area contributed by atoms with Crippen molar-refractivity contribution in [2.75, 3.05) is 31.2 Å². The largest absolute Gasteiger partial charge is 0.486 e. The van der Waals surface area contributed by atoms with Crippen LogP contribution in [0.1, 0.15) is 31.2 Å². The van der Waals surface area contributed by atoms with Gasteiger partial charge in [0.15, 0.2) is 11.5 Å². The minimum atomic E-state index is -0.121. The number of rotatable bonds is 4. The molecular weight excluding hydrogens is 378 g/mol. The Balaban J connectivity index is 1.34. The zero-order chi connectivity index (χ0) is 20.5. The number of fused-ring (bicyclic) bond motifs is 1. The first-order valence-electron chi connectivity index (χ1n) is 10.8. The maximum absolute atomic E-state index is 10.00. The molecule has 1 saturated heterocycles. The van der Waals surface area contributed by atoms with Gasteiger partial charge in [0.25, 0.3) is 0 Å². The molecule has 2 aliphatic heterocycles. The Morgan fingerprint density at radius 1 is 1.00 bits per heavy atom. The lowest BCUT2D eigenvalue weighted by Crippen LogP contribution is -2.52. The highest BCUT2D eigenvalue weighted by Crippen LogP contribution is 2.38. The highest BCUT2D eigenvalue weighted by molar-refractivity contribution is 5.79. The van der Waals surface area contributed by atoms with E-state index in [0.29, 0.717) is 30.9 Å². The lowest BCUT2D eigenvalue weighted by atomic mass is 9.88. The summed E-state index contributed by atoms with van der Waals surface area (Å²) in [6.07, 6.45) is 3.72. The highest BCUT2D eigenvalue weighted by atomic mass is 16.6. The molecule has 0 amide bonds. The van der Waals surface area contributed by atoms with Crippen LogP contribution >= 0.6 is 0 Å². The number of aliphatic hydroxyl groups excluding tert-OH is 1. The number of nitriles is 1. The summed E-state index contributed by atoms with van der Waals surface area (Å²) in [5.41, 5.74) is 3.61. The van der Waals surface area contributed by atoms with Crippen LogP contribution in [0.5, 0.6) is 11.5 Å². The number of hydrogen-bond donors (Lipinski definition) is 2. The third-order valence-corrected chi connectivity index (χ3v) is 6.43. The number of anilines is 1. The van der Waals surface area contributed by atoms with E-state index < -0.39 is 0 Å². The van der Waals surface area contributed by atoms with Crippen LogP contribution in [-0.4, -0.2) is 49.6 Å². The van der Waals surface area contributed by atoms with Crippen molar-refractivity contribution in [3.8, 4) is 28.7 Å². The molecule has 156 valence electrons. The maximum atomic E-state index is 10.00. The number of piperidine rings is 1. The van der Waals surface area contributed by atoms with E-state index in [1.165, 1.54) is 0 Å². The Labute approximate surface area is 177 Å². The number of ether oxygens (including phenoxy) is 2. The zero-order valence-corrected chi connectivity index (χ0v) is 17.0. The second-order valence-electron chi connectivity index (χ2n) is 8.42. The lowest BCUT2D eigenvalue weighted by molar-refractivity contribution is 0.0562. The normalized spacial score (nSPS) is 23.5. The summed E-state index contributed by atoms with van der Waals surface area (Å²) in [6.45, 7) is 2.96. The summed E-state index contributed by atoms with van der Waals surface area (Å²) in [5, 5.41) is 23.2. The maximum Gasteiger partial charge on any atom is 0.161 e. The highest BCUT2D eigenvalue weighted by Gasteiger charge is 2.30. The van der Waals surface area contributed by atoms with Crippen LogP contribution in [0, 0.1) is 11.3 Å². The molecule has 0 radical (unpaired) electrons. The molecule has 0 unspecified atom stereocenters. The smallest absolute Gasteiger partial charge is 0.161 e. The predicted octanol–water partition coefficient (Wildman–Crippen LogP) is 3.08. The summed E-state index contributed by atoms with van der Waals surface area (Å²) in [5.74, 6) is 1.49. The Hall–Kier alpha value is -2.75. The summed E-state index contributed by atoms with van der Waals surface area (Å²) in [6, 6.07) is 15.4. The van der Waals surface area contributed by atoms with E-state index in [4.69, 9.17) is 9.47 Å². The van der Waals surface area contributed by atoms with E-state index in [2.05, 4.69) is 22.4 Å². The van der Waals surface area contributed by atoms with Crippen molar-refractivity contribution in [2.24, 2.45) is 0 Å². The van der Waals surface area contributed by atoms with Gasteiger partial charge in [-0.1, -0.05) is 18.2 Å².